The van der Waals surface area contributed by atoms with Gasteiger partial charge in [0.25, 0.3) is 0 Å². The number of hydrogen-bond acceptors (Lipinski definition) is 4. The number of furan rings is 1. The summed E-state index contributed by atoms with van der Waals surface area (Å²) in [6, 6.07) is 8.46. The van der Waals surface area contributed by atoms with Crippen LogP contribution in [0.25, 0.3) is 0 Å². The molecule has 0 saturated heterocycles. The van der Waals surface area contributed by atoms with Gasteiger partial charge in [0.05, 0.1) is 17.9 Å². The second kappa shape index (κ2) is 8.13. The summed E-state index contributed by atoms with van der Waals surface area (Å²) in [6.45, 7) is 1.74. The van der Waals surface area contributed by atoms with Crippen LogP contribution in [0, 0.1) is 17.1 Å². The van der Waals surface area contributed by atoms with Gasteiger partial charge in [0.15, 0.2) is 0 Å². The van der Waals surface area contributed by atoms with E-state index in [2.05, 4.69) is 10.6 Å². The lowest BCUT2D eigenvalue weighted by molar-refractivity contribution is 0.129. The Labute approximate surface area is 138 Å². The number of halogens is 1. The molecular formula is C17H18FN3O3. The first-order valence-corrected chi connectivity index (χ1v) is 7.44. The number of nitrogens with zero attached hydrogens (tertiary/aromatic N) is 1. The van der Waals surface area contributed by atoms with E-state index >= 15 is 0 Å². The molecule has 0 bridgehead atoms. The Morgan fingerprint density at radius 1 is 1.46 bits per heavy atom. The molecule has 0 aliphatic rings. The highest BCUT2D eigenvalue weighted by Gasteiger charge is 2.16. The highest BCUT2D eigenvalue weighted by Crippen LogP contribution is 2.18. The molecule has 0 fully saturated rings. The van der Waals surface area contributed by atoms with Crippen LogP contribution in [0.4, 0.5) is 9.18 Å². The SMILES string of the molecule is CC(CC(O)c1ccco1)NC(=O)NCc1ccc(C#N)cc1F. The maximum Gasteiger partial charge on any atom is 0.315 e. The van der Waals surface area contributed by atoms with Gasteiger partial charge in [-0.15, -0.1) is 0 Å². The third-order valence-electron chi connectivity index (χ3n) is 3.45. The smallest absolute Gasteiger partial charge is 0.315 e. The Hall–Kier alpha value is -2.85. The molecule has 2 amide bonds. The largest absolute Gasteiger partial charge is 0.467 e. The van der Waals surface area contributed by atoms with Crippen LogP contribution in [0.1, 0.15) is 36.3 Å². The van der Waals surface area contributed by atoms with Gasteiger partial charge in [-0.25, -0.2) is 9.18 Å². The number of carbonyl (C=O) groups is 1. The molecule has 3 N–H and O–H groups in total. The molecule has 0 aliphatic heterocycles. The van der Waals surface area contributed by atoms with E-state index in [0.717, 1.165) is 6.07 Å². The Kier molecular flexibility index (Phi) is 5.93. The number of nitrogens with one attached hydrogen (secondary N) is 2. The average Bonchev–Trinajstić information content (AvgIpc) is 3.08. The third-order valence-corrected chi connectivity index (χ3v) is 3.45. The fourth-order valence-electron chi connectivity index (χ4n) is 2.20. The molecule has 2 aromatic rings. The number of carbonyl (C=O) groups excluding carboxylic acids is 1. The Bertz CT molecular complexity index is 725. The van der Waals surface area contributed by atoms with Gasteiger partial charge in [0.2, 0.25) is 0 Å². The number of rotatable bonds is 6. The molecule has 0 aliphatic carbocycles. The molecular weight excluding hydrogens is 313 g/mol. The van der Waals surface area contributed by atoms with Crippen molar-refractivity contribution in [3.8, 4) is 6.07 Å². The van der Waals surface area contributed by atoms with Crippen molar-refractivity contribution in [2.75, 3.05) is 0 Å². The van der Waals surface area contributed by atoms with Gasteiger partial charge in [-0.2, -0.15) is 5.26 Å². The van der Waals surface area contributed by atoms with Gasteiger partial charge >= 0.3 is 6.03 Å². The zero-order valence-corrected chi connectivity index (χ0v) is 13.1. The summed E-state index contributed by atoms with van der Waals surface area (Å²) in [6.07, 6.45) is 0.938. The molecule has 1 heterocycles. The molecule has 2 atom stereocenters. The minimum absolute atomic E-state index is 0.00314. The molecule has 6 nitrogen and oxygen atoms in total. The molecule has 0 spiro atoms. The van der Waals surface area contributed by atoms with Crippen LogP contribution in [0.15, 0.2) is 41.0 Å². The third kappa shape index (κ3) is 4.83. The Morgan fingerprint density at radius 2 is 2.25 bits per heavy atom. The van der Waals surface area contributed by atoms with Crippen LogP contribution >= 0.6 is 0 Å². The molecule has 2 rings (SSSR count). The van der Waals surface area contributed by atoms with Crippen molar-refractivity contribution < 1.29 is 18.7 Å². The molecule has 0 saturated carbocycles. The first kappa shape index (κ1) is 17.5. The predicted molar refractivity (Wildman–Crippen MR) is 84.2 cm³/mol. The summed E-state index contributed by atoms with van der Waals surface area (Å²) in [7, 11) is 0. The summed E-state index contributed by atoms with van der Waals surface area (Å²) >= 11 is 0. The van der Waals surface area contributed by atoms with Crippen molar-refractivity contribution in [2.24, 2.45) is 0 Å². The van der Waals surface area contributed by atoms with Crippen LogP contribution in [-0.4, -0.2) is 17.2 Å². The van der Waals surface area contributed by atoms with E-state index in [1.165, 1.54) is 18.4 Å². The summed E-state index contributed by atoms with van der Waals surface area (Å²) in [5.74, 6) is -0.112. The zero-order valence-electron chi connectivity index (χ0n) is 13.1. The zero-order chi connectivity index (χ0) is 17.5. The number of benzene rings is 1. The molecule has 0 radical (unpaired) electrons. The minimum atomic E-state index is -0.814. The number of amides is 2. The molecule has 24 heavy (non-hydrogen) atoms. The number of aliphatic hydroxyl groups is 1. The van der Waals surface area contributed by atoms with Crippen molar-refractivity contribution >= 4 is 6.03 Å². The van der Waals surface area contributed by atoms with Crippen LogP contribution in [0.2, 0.25) is 0 Å². The second-order valence-electron chi connectivity index (χ2n) is 5.41. The van der Waals surface area contributed by atoms with E-state index in [1.54, 1.807) is 19.1 Å². The number of aliphatic hydroxyl groups excluding tert-OH is 1. The topological polar surface area (TPSA) is 98.3 Å². The molecule has 126 valence electrons. The minimum Gasteiger partial charge on any atom is -0.467 e. The van der Waals surface area contributed by atoms with E-state index in [4.69, 9.17) is 9.68 Å². The summed E-state index contributed by atoms with van der Waals surface area (Å²) < 4.78 is 18.8. The van der Waals surface area contributed by atoms with E-state index in [9.17, 15) is 14.3 Å². The van der Waals surface area contributed by atoms with Gasteiger partial charge in [0, 0.05) is 24.6 Å². The lowest BCUT2D eigenvalue weighted by Crippen LogP contribution is -2.41. The summed E-state index contributed by atoms with van der Waals surface area (Å²) in [5, 5.41) is 23.8. The highest BCUT2D eigenvalue weighted by molar-refractivity contribution is 5.74. The molecule has 1 aromatic carbocycles. The quantitative estimate of drug-likeness (QED) is 0.758. The number of nitriles is 1. The number of hydrogen-bond donors (Lipinski definition) is 3. The number of urea groups is 1. The standard InChI is InChI=1S/C17H18FN3O3/c1-11(7-15(22)16-3-2-6-24-16)21-17(23)20-10-13-5-4-12(9-19)8-14(13)18/h2-6,8,11,15,22H,7,10H2,1H3,(H2,20,21,23). The Morgan fingerprint density at radius 3 is 2.88 bits per heavy atom. The Balaban J connectivity index is 1.79. The van der Waals surface area contributed by atoms with Gasteiger partial charge in [-0.1, -0.05) is 6.07 Å². The highest BCUT2D eigenvalue weighted by atomic mass is 19.1. The van der Waals surface area contributed by atoms with Crippen molar-refractivity contribution in [3.63, 3.8) is 0 Å². The lowest BCUT2D eigenvalue weighted by Gasteiger charge is -2.17. The first-order valence-electron chi connectivity index (χ1n) is 7.44. The van der Waals surface area contributed by atoms with Crippen LogP contribution < -0.4 is 10.6 Å². The summed E-state index contributed by atoms with van der Waals surface area (Å²) in [5.41, 5.74) is 0.508. The predicted octanol–water partition coefficient (Wildman–Crippen LogP) is 2.60. The van der Waals surface area contributed by atoms with Crippen molar-refractivity contribution in [1.82, 2.24) is 10.6 Å². The van der Waals surface area contributed by atoms with Crippen molar-refractivity contribution in [3.05, 3.63) is 59.3 Å². The van der Waals surface area contributed by atoms with E-state index in [-0.39, 0.29) is 30.1 Å². The van der Waals surface area contributed by atoms with Gasteiger partial charge in [0.1, 0.15) is 17.7 Å². The lowest BCUT2D eigenvalue weighted by atomic mass is 10.1. The summed E-state index contributed by atoms with van der Waals surface area (Å²) in [4.78, 5) is 11.8. The van der Waals surface area contributed by atoms with Crippen LogP contribution in [0.5, 0.6) is 0 Å². The van der Waals surface area contributed by atoms with E-state index < -0.39 is 18.0 Å². The maximum absolute atomic E-state index is 13.7. The van der Waals surface area contributed by atoms with Gasteiger partial charge in [-0.3, -0.25) is 0 Å². The molecule has 1 aromatic heterocycles. The first-order chi connectivity index (χ1) is 11.5. The maximum atomic E-state index is 13.7. The fraction of sp³-hybridized carbons (Fsp3) is 0.294. The second-order valence-corrected chi connectivity index (χ2v) is 5.41. The van der Waals surface area contributed by atoms with Gasteiger partial charge < -0.3 is 20.2 Å². The van der Waals surface area contributed by atoms with E-state index in [1.807, 2.05) is 6.07 Å². The van der Waals surface area contributed by atoms with E-state index in [0.29, 0.717) is 5.76 Å². The average molecular weight is 331 g/mol. The molecule has 2 unspecified atom stereocenters. The van der Waals surface area contributed by atoms with Crippen molar-refractivity contribution in [1.29, 1.82) is 5.26 Å². The van der Waals surface area contributed by atoms with Crippen LogP contribution in [-0.2, 0) is 6.54 Å². The monoisotopic (exact) mass is 331 g/mol. The van der Waals surface area contributed by atoms with Crippen LogP contribution in [0.3, 0.4) is 0 Å². The normalized spacial score (nSPS) is 12.9. The molecule has 7 heteroatoms. The van der Waals surface area contributed by atoms with Crippen molar-refractivity contribution in [2.45, 2.75) is 32.0 Å². The van der Waals surface area contributed by atoms with Gasteiger partial charge in [-0.05, 0) is 31.2 Å². The fourth-order valence-corrected chi connectivity index (χ4v) is 2.20.